The van der Waals surface area contributed by atoms with Gasteiger partial charge in [0.1, 0.15) is 0 Å². The highest BCUT2D eigenvalue weighted by atomic mass is 32.3. The molecule has 0 fully saturated rings. The molecule has 0 aliphatic rings. The van der Waals surface area contributed by atoms with E-state index in [2.05, 4.69) is 10.3 Å². The number of hydrogen-bond acceptors (Lipinski definition) is 4. The number of fused-ring (bicyclic) bond motifs is 1. The molecule has 1 aromatic carbocycles. The lowest BCUT2D eigenvalue weighted by Gasteiger charge is -2.36. The molecule has 6 nitrogen and oxygen atoms in total. The Bertz CT molecular complexity index is 657. The summed E-state index contributed by atoms with van der Waals surface area (Å²) in [5, 5.41) is 3.98. The van der Waals surface area contributed by atoms with E-state index >= 15 is 0 Å². The molecule has 1 aromatic heterocycles. The summed E-state index contributed by atoms with van der Waals surface area (Å²) in [4.78, 5) is 15.4. The number of amides is 1. The Kier molecular flexibility index (Phi) is 7.77. The highest BCUT2D eigenvalue weighted by Gasteiger charge is 2.25. The molecular formula is C18H28N2O4S. The van der Waals surface area contributed by atoms with Crippen LogP contribution in [0.15, 0.2) is 30.5 Å². The standard InChI is InChI=1S/C18H28N2O4S/c1-4-22-25(23-5-2,24-6-3)13-7-11-20-18(21)16-8-9-17-15(14-16)10-12-19-17/h8-10,12,14,19H,4-7,11,13H2,1-3H3,(H,20,21). The highest BCUT2D eigenvalue weighted by Crippen LogP contribution is 2.51. The van der Waals surface area contributed by atoms with Crippen LogP contribution in [0.4, 0.5) is 0 Å². The van der Waals surface area contributed by atoms with E-state index in [0.29, 0.717) is 37.7 Å². The van der Waals surface area contributed by atoms with Crippen molar-refractivity contribution in [3.05, 3.63) is 36.0 Å². The predicted octanol–water partition coefficient (Wildman–Crippen LogP) is 3.95. The van der Waals surface area contributed by atoms with Crippen LogP contribution in [0.5, 0.6) is 0 Å². The quantitative estimate of drug-likeness (QED) is 0.589. The van der Waals surface area contributed by atoms with E-state index in [4.69, 9.17) is 12.5 Å². The van der Waals surface area contributed by atoms with E-state index in [9.17, 15) is 4.79 Å². The van der Waals surface area contributed by atoms with E-state index in [0.717, 1.165) is 17.3 Å². The van der Waals surface area contributed by atoms with Crippen molar-refractivity contribution in [2.45, 2.75) is 27.2 Å². The first-order valence-corrected chi connectivity index (χ1v) is 10.3. The van der Waals surface area contributed by atoms with Gasteiger partial charge in [-0.1, -0.05) is 0 Å². The number of aromatic nitrogens is 1. The number of nitrogens with one attached hydrogen (secondary N) is 2. The van der Waals surface area contributed by atoms with E-state index in [1.807, 2.05) is 51.2 Å². The Morgan fingerprint density at radius 3 is 2.40 bits per heavy atom. The van der Waals surface area contributed by atoms with Crippen molar-refractivity contribution in [3.63, 3.8) is 0 Å². The average Bonchev–Trinajstić information content (AvgIpc) is 3.07. The van der Waals surface area contributed by atoms with Crippen LogP contribution in [0.25, 0.3) is 10.9 Å². The smallest absolute Gasteiger partial charge is 0.251 e. The largest absolute Gasteiger partial charge is 0.361 e. The molecule has 2 aromatic rings. The minimum atomic E-state index is -1.99. The van der Waals surface area contributed by atoms with Gasteiger partial charge in [0.2, 0.25) is 0 Å². The van der Waals surface area contributed by atoms with Crippen LogP contribution in [0.1, 0.15) is 37.6 Å². The highest BCUT2D eigenvalue weighted by molar-refractivity contribution is 8.21. The lowest BCUT2D eigenvalue weighted by molar-refractivity contribution is 0.0953. The summed E-state index contributed by atoms with van der Waals surface area (Å²) in [6, 6.07) is 7.58. The molecule has 0 saturated heterocycles. The topological polar surface area (TPSA) is 72.6 Å². The zero-order chi connectivity index (χ0) is 18.1. The molecule has 140 valence electrons. The summed E-state index contributed by atoms with van der Waals surface area (Å²) in [7, 11) is -1.99. The van der Waals surface area contributed by atoms with Crippen LogP contribution >= 0.6 is 10.9 Å². The third-order valence-corrected chi connectivity index (χ3v) is 6.14. The molecule has 0 aliphatic heterocycles. The number of rotatable bonds is 11. The summed E-state index contributed by atoms with van der Waals surface area (Å²) in [5.41, 5.74) is 1.68. The number of benzene rings is 1. The summed E-state index contributed by atoms with van der Waals surface area (Å²) < 4.78 is 17.3. The second-order valence-corrected chi connectivity index (χ2v) is 7.60. The van der Waals surface area contributed by atoms with Gasteiger partial charge in [-0.3, -0.25) is 17.3 Å². The third-order valence-electron chi connectivity index (χ3n) is 3.56. The van der Waals surface area contributed by atoms with Gasteiger partial charge in [-0.05, 0) is 51.5 Å². The summed E-state index contributed by atoms with van der Waals surface area (Å²) in [6.45, 7) is 7.96. The second-order valence-electron chi connectivity index (χ2n) is 5.37. The lowest BCUT2D eigenvalue weighted by atomic mass is 10.1. The first-order chi connectivity index (χ1) is 12.1. The average molecular weight is 368 g/mol. The van der Waals surface area contributed by atoms with Crippen molar-refractivity contribution < 1.29 is 17.3 Å². The lowest BCUT2D eigenvalue weighted by Crippen LogP contribution is -2.26. The molecule has 0 atom stereocenters. The molecule has 1 heterocycles. The number of hydrogen-bond donors (Lipinski definition) is 2. The number of carbonyl (C=O) groups is 1. The molecule has 0 unspecified atom stereocenters. The maximum absolute atomic E-state index is 12.3. The summed E-state index contributed by atoms with van der Waals surface area (Å²) >= 11 is 0. The van der Waals surface area contributed by atoms with Gasteiger partial charge in [-0.15, -0.1) is 0 Å². The fraction of sp³-hybridized carbons (Fsp3) is 0.500. The van der Waals surface area contributed by atoms with Gasteiger partial charge in [0.25, 0.3) is 5.91 Å². The number of H-pyrrole nitrogens is 1. The maximum Gasteiger partial charge on any atom is 0.251 e. The molecule has 25 heavy (non-hydrogen) atoms. The van der Waals surface area contributed by atoms with Crippen LogP contribution in [0.3, 0.4) is 0 Å². The van der Waals surface area contributed by atoms with Gasteiger partial charge in [-0.2, -0.15) is 0 Å². The van der Waals surface area contributed by atoms with Crippen molar-refractivity contribution in [2.24, 2.45) is 0 Å². The van der Waals surface area contributed by atoms with Crippen molar-refractivity contribution in [2.75, 3.05) is 32.1 Å². The van der Waals surface area contributed by atoms with E-state index in [-0.39, 0.29) is 5.91 Å². The normalized spacial score (nSPS) is 12.4. The van der Waals surface area contributed by atoms with Crippen LogP contribution < -0.4 is 5.32 Å². The molecular weight excluding hydrogens is 340 g/mol. The first-order valence-electron chi connectivity index (χ1n) is 8.73. The van der Waals surface area contributed by atoms with Gasteiger partial charge in [-0.25, -0.2) is 0 Å². The molecule has 2 N–H and O–H groups in total. The van der Waals surface area contributed by atoms with Crippen LogP contribution in [-0.2, 0) is 12.5 Å². The second kappa shape index (κ2) is 9.82. The number of carbonyl (C=O) groups excluding carboxylic acids is 1. The fourth-order valence-electron chi connectivity index (χ4n) is 2.56. The molecule has 0 aliphatic carbocycles. The van der Waals surface area contributed by atoms with Crippen molar-refractivity contribution in [1.82, 2.24) is 10.3 Å². The van der Waals surface area contributed by atoms with Crippen molar-refractivity contribution in [1.29, 1.82) is 0 Å². The monoisotopic (exact) mass is 368 g/mol. The van der Waals surface area contributed by atoms with Gasteiger partial charge in [0, 0.05) is 35.0 Å². The molecule has 0 saturated carbocycles. The Labute approximate surface area is 151 Å². The fourth-order valence-corrected chi connectivity index (χ4v) is 4.70. The molecule has 0 radical (unpaired) electrons. The zero-order valence-electron chi connectivity index (χ0n) is 15.2. The van der Waals surface area contributed by atoms with Gasteiger partial charge >= 0.3 is 0 Å². The van der Waals surface area contributed by atoms with Crippen LogP contribution in [0, 0.1) is 0 Å². The Morgan fingerprint density at radius 2 is 1.76 bits per heavy atom. The predicted molar refractivity (Wildman–Crippen MR) is 103 cm³/mol. The van der Waals surface area contributed by atoms with Crippen molar-refractivity contribution >= 4 is 27.7 Å². The third kappa shape index (κ3) is 5.47. The van der Waals surface area contributed by atoms with Crippen molar-refractivity contribution in [3.8, 4) is 0 Å². The van der Waals surface area contributed by atoms with Crippen LogP contribution in [0.2, 0.25) is 0 Å². The molecule has 1 amide bonds. The molecule has 2 rings (SSSR count). The Morgan fingerprint density at radius 1 is 1.08 bits per heavy atom. The summed E-state index contributed by atoms with van der Waals surface area (Å²) in [5.74, 6) is 0.563. The van der Waals surface area contributed by atoms with Gasteiger partial charge in [0.15, 0.2) is 0 Å². The SMILES string of the molecule is CCOS(CCCNC(=O)c1ccc2[nH]ccc2c1)(OCC)OCC. The number of aromatic amines is 1. The Hall–Kier alpha value is -1.54. The van der Waals surface area contributed by atoms with E-state index < -0.39 is 10.9 Å². The maximum atomic E-state index is 12.3. The molecule has 7 heteroatoms. The van der Waals surface area contributed by atoms with Crippen LogP contribution in [-0.4, -0.2) is 43.0 Å². The summed E-state index contributed by atoms with van der Waals surface area (Å²) in [6.07, 6.45) is 2.59. The molecule has 0 bridgehead atoms. The van der Waals surface area contributed by atoms with Gasteiger partial charge in [0.05, 0.1) is 30.7 Å². The zero-order valence-corrected chi connectivity index (χ0v) is 16.0. The minimum Gasteiger partial charge on any atom is -0.361 e. The van der Waals surface area contributed by atoms with Gasteiger partial charge < -0.3 is 10.3 Å². The molecule has 0 spiro atoms. The van der Waals surface area contributed by atoms with E-state index in [1.54, 1.807) is 0 Å². The Balaban J connectivity index is 1.86. The minimum absolute atomic E-state index is 0.0760. The van der Waals surface area contributed by atoms with E-state index in [1.165, 1.54) is 0 Å². The first kappa shape index (κ1) is 19.8.